The van der Waals surface area contributed by atoms with Gasteiger partial charge in [-0.25, -0.2) is 4.79 Å². The third-order valence-corrected chi connectivity index (χ3v) is 3.25. The lowest BCUT2D eigenvalue weighted by Gasteiger charge is -2.19. The van der Waals surface area contributed by atoms with E-state index in [-0.39, 0.29) is 0 Å². The summed E-state index contributed by atoms with van der Waals surface area (Å²) < 4.78 is 5.07. The number of rotatable bonds is 3. The first kappa shape index (κ1) is 13.1. The van der Waals surface area contributed by atoms with Crippen molar-refractivity contribution in [1.82, 2.24) is 0 Å². The highest BCUT2D eigenvalue weighted by Gasteiger charge is 2.20. The van der Waals surface area contributed by atoms with Crippen LogP contribution in [-0.2, 0) is 4.74 Å². The van der Waals surface area contributed by atoms with Gasteiger partial charge in [0.1, 0.15) is 0 Å². The first-order valence-corrected chi connectivity index (χ1v) is 6.10. The Balaban J connectivity index is 2.49. The summed E-state index contributed by atoms with van der Waals surface area (Å²) in [6.07, 6.45) is -1.85. The molecule has 0 spiro atoms. The number of carbonyl (C=O) groups is 1. The van der Waals surface area contributed by atoms with Crippen molar-refractivity contribution in [3.63, 3.8) is 0 Å². The van der Waals surface area contributed by atoms with E-state index in [0.29, 0.717) is 0 Å². The number of ether oxygens (including phenoxy) is 1. The van der Waals surface area contributed by atoms with E-state index in [4.69, 9.17) is 9.84 Å². The van der Waals surface area contributed by atoms with Crippen molar-refractivity contribution in [1.29, 1.82) is 0 Å². The predicted molar refractivity (Wildman–Crippen MR) is 73.3 cm³/mol. The zero-order valence-corrected chi connectivity index (χ0v) is 11.0. The van der Waals surface area contributed by atoms with Crippen molar-refractivity contribution in [3.05, 3.63) is 70.8 Å². The minimum atomic E-state index is -1.27. The van der Waals surface area contributed by atoms with Gasteiger partial charge in [-0.3, -0.25) is 0 Å². The largest absolute Gasteiger partial charge is 0.506 e. The van der Waals surface area contributed by atoms with Crippen LogP contribution in [0.1, 0.15) is 28.4 Å². The number of carboxylic acid groups (broad SMARTS) is 1. The van der Waals surface area contributed by atoms with Crippen LogP contribution >= 0.6 is 0 Å². The summed E-state index contributed by atoms with van der Waals surface area (Å²) in [7, 11) is 0. The lowest BCUT2D eigenvalue weighted by atomic mass is 9.95. The molecule has 3 heteroatoms. The highest BCUT2D eigenvalue weighted by molar-refractivity contribution is 5.58. The molecule has 1 N–H and O–H groups in total. The molecule has 2 rings (SSSR count). The molecule has 0 saturated carbocycles. The van der Waals surface area contributed by atoms with Gasteiger partial charge in [-0.2, -0.15) is 0 Å². The van der Waals surface area contributed by atoms with Gasteiger partial charge in [-0.15, -0.1) is 0 Å². The van der Waals surface area contributed by atoms with Crippen LogP contribution in [0.3, 0.4) is 0 Å². The van der Waals surface area contributed by atoms with Crippen molar-refractivity contribution >= 4 is 6.16 Å². The Kier molecular flexibility index (Phi) is 3.85. The van der Waals surface area contributed by atoms with E-state index < -0.39 is 12.3 Å². The van der Waals surface area contributed by atoms with Crippen LogP contribution in [0.2, 0.25) is 0 Å². The molecule has 0 radical (unpaired) electrons. The van der Waals surface area contributed by atoms with E-state index in [1.54, 1.807) is 0 Å². The van der Waals surface area contributed by atoms with Crippen LogP contribution in [0.4, 0.5) is 4.79 Å². The molecule has 0 aliphatic heterocycles. The van der Waals surface area contributed by atoms with Crippen molar-refractivity contribution in [2.24, 2.45) is 0 Å². The Bertz CT molecular complexity index is 576. The quantitative estimate of drug-likeness (QED) is 0.841. The molecule has 98 valence electrons. The van der Waals surface area contributed by atoms with Gasteiger partial charge in [0.15, 0.2) is 6.10 Å². The zero-order valence-electron chi connectivity index (χ0n) is 11.0. The second-order valence-corrected chi connectivity index (χ2v) is 4.46. The van der Waals surface area contributed by atoms with Crippen LogP contribution in [-0.4, -0.2) is 11.3 Å². The van der Waals surface area contributed by atoms with E-state index in [1.807, 2.05) is 62.4 Å². The van der Waals surface area contributed by atoms with Crippen LogP contribution in [0, 0.1) is 13.8 Å². The molecular formula is C16H16O3. The molecule has 0 aliphatic rings. The summed E-state index contributed by atoms with van der Waals surface area (Å²) in [5.74, 6) is 0. The molecule has 1 unspecified atom stereocenters. The van der Waals surface area contributed by atoms with Crippen molar-refractivity contribution in [3.8, 4) is 0 Å². The minimum absolute atomic E-state index is 0.585. The third-order valence-electron chi connectivity index (χ3n) is 3.25. The molecule has 1 atom stereocenters. The minimum Gasteiger partial charge on any atom is -0.450 e. The number of hydrogen-bond donors (Lipinski definition) is 1. The van der Waals surface area contributed by atoms with Crippen LogP contribution < -0.4 is 0 Å². The smallest absolute Gasteiger partial charge is 0.450 e. The number of benzene rings is 2. The molecule has 0 aliphatic carbocycles. The Morgan fingerprint density at radius 1 is 1.05 bits per heavy atom. The fraction of sp³-hybridized carbons (Fsp3) is 0.188. The number of hydrogen-bond acceptors (Lipinski definition) is 2. The SMILES string of the molecule is Cc1cccc(C(OC(=O)O)c2ccccc2)c1C. The average molecular weight is 256 g/mol. The maximum absolute atomic E-state index is 10.9. The molecule has 0 amide bonds. The van der Waals surface area contributed by atoms with Crippen LogP contribution in [0.25, 0.3) is 0 Å². The second kappa shape index (κ2) is 5.57. The first-order valence-electron chi connectivity index (χ1n) is 6.10. The summed E-state index contributed by atoms with van der Waals surface area (Å²) in [4.78, 5) is 10.9. The van der Waals surface area contributed by atoms with Gasteiger partial charge in [-0.05, 0) is 30.5 Å². The van der Waals surface area contributed by atoms with Gasteiger partial charge in [0.25, 0.3) is 0 Å². The van der Waals surface area contributed by atoms with Gasteiger partial charge in [0, 0.05) is 5.56 Å². The molecule has 0 bridgehead atoms. The molecule has 0 aromatic heterocycles. The van der Waals surface area contributed by atoms with Gasteiger partial charge in [0.05, 0.1) is 0 Å². The van der Waals surface area contributed by atoms with Gasteiger partial charge in [0.2, 0.25) is 0 Å². The lowest BCUT2D eigenvalue weighted by molar-refractivity contribution is 0.0661. The average Bonchev–Trinajstić information content (AvgIpc) is 2.40. The predicted octanol–water partition coefficient (Wildman–Crippen LogP) is 4.09. The molecule has 0 saturated heterocycles. The van der Waals surface area contributed by atoms with Gasteiger partial charge in [-0.1, -0.05) is 48.5 Å². The number of aryl methyl sites for hydroxylation is 1. The highest BCUT2D eigenvalue weighted by atomic mass is 16.7. The Morgan fingerprint density at radius 2 is 1.74 bits per heavy atom. The maximum Gasteiger partial charge on any atom is 0.506 e. The van der Waals surface area contributed by atoms with Crippen LogP contribution in [0.15, 0.2) is 48.5 Å². The second-order valence-electron chi connectivity index (χ2n) is 4.46. The van der Waals surface area contributed by atoms with E-state index in [9.17, 15) is 4.79 Å². The standard InChI is InChI=1S/C16H16O3/c1-11-7-6-10-14(12(11)2)15(19-16(17)18)13-8-4-3-5-9-13/h3-10,15H,1-2H3,(H,17,18). The van der Waals surface area contributed by atoms with Gasteiger partial charge < -0.3 is 9.84 Å². The maximum atomic E-state index is 10.9. The molecular weight excluding hydrogens is 240 g/mol. The van der Waals surface area contributed by atoms with Gasteiger partial charge >= 0.3 is 6.16 Å². The lowest BCUT2D eigenvalue weighted by Crippen LogP contribution is -2.12. The highest BCUT2D eigenvalue weighted by Crippen LogP contribution is 2.29. The summed E-state index contributed by atoms with van der Waals surface area (Å²) in [5, 5.41) is 8.94. The zero-order chi connectivity index (χ0) is 13.8. The van der Waals surface area contributed by atoms with Crippen LogP contribution in [0.5, 0.6) is 0 Å². The fourth-order valence-electron chi connectivity index (χ4n) is 2.10. The normalized spacial score (nSPS) is 11.9. The van der Waals surface area contributed by atoms with E-state index in [0.717, 1.165) is 22.3 Å². The summed E-state index contributed by atoms with van der Waals surface area (Å²) in [6, 6.07) is 15.2. The topological polar surface area (TPSA) is 46.5 Å². The molecule has 0 heterocycles. The first-order chi connectivity index (χ1) is 9.09. The molecule has 2 aromatic carbocycles. The molecule has 2 aromatic rings. The van der Waals surface area contributed by atoms with Crippen molar-refractivity contribution in [2.75, 3.05) is 0 Å². The van der Waals surface area contributed by atoms with Crippen molar-refractivity contribution < 1.29 is 14.6 Å². The Morgan fingerprint density at radius 3 is 2.37 bits per heavy atom. The summed E-state index contributed by atoms with van der Waals surface area (Å²) in [5.41, 5.74) is 3.89. The third kappa shape index (κ3) is 2.94. The monoisotopic (exact) mass is 256 g/mol. The molecule has 3 nitrogen and oxygen atoms in total. The van der Waals surface area contributed by atoms with E-state index in [2.05, 4.69) is 0 Å². The van der Waals surface area contributed by atoms with E-state index in [1.165, 1.54) is 0 Å². The Hall–Kier alpha value is -2.29. The summed E-state index contributed by atoms with van der Waals surface area (Å²) >= 11 is 0. The molecule has 0 fully saturated rings. The molecule has 19 heavy (non-hydrogen) atoms. The van der Waals surface area contributed by atoms with Crippen molar-refractivity contribution in [2.45, 2.75) is 20.0 Å². The van der Waals surface area contributed by atoms with E-state index >= 15 is 0 Å². The summed E-state index contributed by atoms with van der Waals surface area (Å²) in [6.45, 7) is 3.98. The Labute approximate surface area is 112 Å². The fourth-order valence-corrected chi connectivity index (χ4v) is 2.10.